The van der Waals surface area contributed by atoms with Crippen LogP contribution in [0.1, 0.15) is 10.4 Å². The predicted molar refractivity (Wildman–Crippen MR) is 67.2 cm³/mol. The molecule has 2 rings (SSSR count). The summed E-state index contributed by atoms with van der Waals surface area (Å²) in [5.41, 5.74) is 1.55. The molecule has 0 aliphatic rings. The SMILES string of the molecule is O=Cc1cc(F)ccc1-c1cc(Cl)cc(Cl)c1. The Kier molecular flexibility index (Phi) is 3.46. The van der Waals surface area contributed by atoms with E-state index < -0.39 is 5.82 Å². The van der Waals surface area contributed by atoms with Gasteiger partial charge in [-0.3, -0.25) is 4.79 Å². The van der Waals surface area contributed by atoms with Crippen LogP contribution in [0.2, 0.25) is 10.0 Å². The average Bonchev–Trinajstić information content (AvgIpc) is 2.27. The van der Waals surface area contributed by atoms with Crippen molar-refractivity contribution in [2.45, 2.75) is 0 Å². The molecule has 0 N–H and O–H groups in total. The first kappa shape index (κ1) is 12.1. The molecule has 17 heavy (non-hydrogen) atoms. The van der Waals surface area contributed by atoms with Gasteiger partial charge in [0.1, 0.15) is 5.82 Å². The summed E-state index contributed by atoms with van der Waals surface area (Å²) in [6, 6.07) is 8.94. The van der Waals surface area contributed by atoms with Gasteiger partial charge in [0.15, 0.2) is 6.29 Å². The zero-order valence-corrected chi connectivity index (χ0v) is 10.1. The standard InChI is InChI=1S/C13H7Cl2FO/c14-10-3-8(4-11(15)6-10)13-2-1-12(16)5-9(13)7-17/h1-7H. The number of hydrogen-bond donors (Lipinski definition) is 0. The quantitative estimate of drug-likeness (QED) is 0.727. The van der Waals surface area contributed by atoms with Gasteiger partial charge in [0.25, 0.3) is 0 Å². The zero-order chi connectivity index (χ0) is 12.4. The number of carbonyl (C=O) groups is 1. The normalized spacial score (nSPS) is 10.3. The lowest BCUT2D eigenvalue weighted by Gasteiger charge is -2.06. The van der Waals surface area contributed by atoms with Crippen LogP contribution in [0, 0.1) is 5.82 Å². The summed E-state index contributed by atoms with van der Waals surface area (Å²) in [4.78, 5) is 10.9. The molecule has 0 saturated carbocycles. The second-order valence-corrected chi connectivity index (χ2v) is 4.38. The van der Waals surface area contributed by atoms with Crippen molar-refractivity contribution in [1.82, 2.24) is 0 Å². The summed E-state index contributed by atoms with van der Waals surface area (Å²) < 4.78 is 13.0. The molecule has 0 aliphatic heterocycles. The Morgan fingerprint density at radius 2 is 1.65 bits per heavy atom. The van der Waals surface area contributed by atoms with E-state index in [1.165, 1.54) is 18.2 Å². The van der Waals surface area contributed by atoms with Crippen LogP contribution in [-0.4, -0.2) is 6.29 Å². The highest BCUT2D eigenvalue weighted by Gasteiger charge is 2.07. The Balaban J connectivity index is 2.63. The summed E-state index contributed by atoms with van der Waals surface area (Å²) in [5, 5.41) is 0.933. The number of hydrogen-bond acceptors (Lipinski definition) is 1. The molecular weight excluding hydrogens is 262 g/mol. The van der Waals surface area contributed by atoms with Crippen LogP contribution in [0.25, 0.3) is 11.1 Å². The third kappa shape index (κ3) is 2.65. The van der Waals surface area contributed by atoms with E-state index in [4.69, 9.17) is 23.2 Å². The highest BCUT2D eigenvalue weighted by Crippen LogP contribution is 2.29. The van der Waals surface area contributed by atoms with Crippen LogP contribution in [0.4, 0.5) is 4.39 Å². The van der Waals surface area contributed by atoms with Gasteiger partial charge in [0.05, 0.1) is 0 Å². The molecule has 0 atom stereocenters. The van der Waals surface area contributed by atoms with Crippen molar-refractivity contribution in [2.75, 3.05) is 0 Å². The molecular formula is C13H7Cl2FO. The van der Waals surface area contributed by atoms with E-state index >= 15 is 0 Å². The largest absolute Gasteiger partial charge is 0.298 e. The maximum absolute atomic E-state index is 13.0. The molecule has 0 saturated heterocycles. The Bertz CT molecular complexity index is 561. The molecule has 0 unspecified atom stereocenters. The molecule has 1 nitrogen and oxygen atoms in total. The lowest BCUT2D eigenvalue weighted by atomic mass is 10.0. The summed E-state index contributed by atoms with van der Waals surface area (Å²) in [5.74, 6) is -0.455. The minimum Gasteiger partial charge on any atom is -0.298 e. The summed E-state index contributed by atoms with van der Waals surface area (Å²) >= 11 is 11.8. The van der Waals surface area contributed by atoms with E-state index in [1.807, 2.05) is 0 Å². The molecule has 86 valence electrons. The van der Waals surface area contributed by atoms with E-state index in [2.05, 4.69) is 0 Å². The molecule has 2 aromatic carbocycles. The summed E-state index contributed by atoms with van der Waals surface area (Å²) in [6.45, 7) is 0. The van der Waals surface area contributed by atoms with E-state index in [-0.39, 0.29) is 5.56 Å². The Morgan fingerprint density at radius 1 is 1.00 bits per heavy atom. The topological polar surface area (TPSA) is 17.1 Å². The Labute approximate surface area is 108 Å². The van der Waals surface area contributed by atoms with Gasteiger partial charge >= 0.3 is 0 Å². The molecule has 0 spiro atoms. The predicted octanol–water partition coefficient (Wildman–Crippen LogP) is 4.61. The lowest BCUT2D eigenvalue weighted by molar-refractivity contribution is 0.112. The molecule has 0 amide bonds. The number of aldehydes is 1. The average molecular weight is 269 g/mol. The number of rotatable bonds is 2. The van der Waals surface area contributed by atoms with E-state index in [9.17, 15) is 9.18 Å². The zero-order valence-electron chi connectivity index (χ0n) is 8.58. The number of benzene rings is 2. The van der Waals surface area contributed by atoms with Gasteiger partial charge in [-0.2, -0.15) is 0 Å². The third-order valence-corrected chi connectivity index (χ3v) is 2.75. The lowest BCUT2D eigenvalue weighted by Crippen LogP contribution is -1.89. The highest BCUT2D eigenvalue weighted by atomic mass is 35.5. The Hall–Kier alpha value is -1.38. The fraction of sp³-hybridized carbons (Fsp3) is 0. The minimum absolute atomic E-state index is 0.267. The summed E-state index contributed by atoms with van der Waals surface area (Å²) in [7, 11) is 0. The molecule has 2 aromatic rings. The van der Waals surface area contributed by atoms with Crippen molar-refractivity contribution in [3.05, 3.63) is 57.8 Å². The van der Waals surface area contributed by atoms with Crippen LogP contribution in [0.5, 0.6) is 0 Å². The molecule has 0 heterocycles. The first-order chi connectivity index (χ1) is 8.10. The molecule has 0 aliphatic carbocycles. The second kappa shape index (κ2) is 4.86. The number of halogens is 3. The fourth-order valence-electron chi connectivity index (χ4n) is 1.60. The van der Waals surface area contributed by atoms with Crippen molar-refractivity contribution in [3.63, 3.8) is 0 Å². The van der Waals surface area contributed by atoms with E-state index in [0.29, 0.717) is 27.5 Å². The van der Waals surface area contributed by atoms with E-state index in [0.717, 1.165) is 0 Å². The minimum atomic E-state index is -0.455. The summed E-state index contributed by atoms with van der Waals surface area (Å²) in [6.07, 6.45) is 0.604. The molecule has 0 bridgehead atoms. The fourth-order valence-corrected chi connectivity index (χ4v) is 2.13. The molecule has 0 fully saturated rings. The van der Waals surface area contributed by atoms with E-state index in [1.54, 1.807) is 18.2 Å². The second-order valence-electron chi connectivity index (χ2n) is 3.51. The van der Waals surface area contributed by atoms with Gasteiger partial charge in [-0.25, -0.2) is 4.39 Å². The van der Waals surface area contributed by atoms with Crippen LogP contribution < -0.4 is 0 Å². The van der Waals surface area contributed by atoms with Crippen LogP contribution >= 0.6 is 23.2 Å². The van der Waals surface area contributed by atoms with Gasteiger partial charge in [0, 0.05) is 15.6 Å². The van der Waals surface area contributed by atoms with Crippen molar-refractivity contribution in [3.8, 4) is 11.1 Å². The smallest absolute Gasteiger partial charge is 0.150 e. The van der Waals surface area contributed by atoms with Crippen molar-refractivity contribution in [1.29, 1.82) is 0 Å². The van der Waals surface area contributed by atoms with Gasteiger partial charge in [-0.15, -0.1) is 0 Å². The Morgan fingerprint density at radius 3 is 2.24 bits per heavy atom. The molecule has 4 heteroatoms. The van der Waals surface area contributed by atoms with Gasteiger partial charge < -0.3 is 0 Å². The van der Waals surface area contributed by atoms with Crippen molar-refractivity contribution >= 4 is 29.5 Å². The third-order valence-electron chi connectivity index (χ3n) is 2.31. The van der Waals surface area contributed by atoms with Gasteiger partial charge in [0.2, 0.25) is 0 Å². The maximum Gasteiger partial charge on any atom is 0.150 e. The maximum atomic E-state index is 13.0. The first-order valence-electron chi connectivity index (χ1n) is 4.81. The molecule has 0 aromatic heterocycles. The van der Waals surface area contributed by atoms with Gasteiger partial charge in [-0.1, -0.05) is 29.3 Å². The van der Waals surface area contributed by atoms with Crippen molar-refractivity contribution in [2.24, 2.45) is 0 Å². The van der Waals surface area contributed by atoms with Gasteiger partial charge in [-0.05, 0) is 41.5 Å². The first-order valence-corrected chi connectivity index (χ1v) is 5.57. The monoisotopic (exact) mass is 268 g/mol. The van der Waals surface area contributed by atoms with Crippen LogP contribution in [-0.2, 0) is 0 Å². The highest BCUT2D eigenvalue weighted by molar-refractivity contribution is 6.35. The van der Waals surface area contributed by atoms with Crippen LogP contribution in [0.15, 0.2) is 36.4 Å². The molecule has 0 radical (unpaired) electrons. The number of carbonyl (C=O) groups excluding carboxylic acids is 1. The van der Waals surface area contributed by atoms with Crippen LogP contribution in [0.3, 0.4) is 0 Å². The van der Waals surface area contributed by atoms with Crippen molar-refractivity contribution < 1.29 is 9.18 Å².